The number of rotatable bonds is 6. The molecule has 0 aromatic heterocycles. The van der Waals surface area contributed by atoms with Crippen molar-refractivity contribution in [3.8, 4) is 0 Å². The van der Waals surface area contributed by atoms with E-state index < -0.39 is 29.4 Å². The van der Waals surface area contributed by atoms with Crippen molar-refractivity contribution in [2.45, 2.75) is 58.2 Å². The molecule has 1 aliphatic rings. The van der Waals surface area contributed by atoms with Crippen LogP contribution in [0.15, 0.2) is 22.8 Å². The summed E-state index contributed by atoms with van der Waals surface area (Å²) >= 11 is 0. The average molecular weight is 403 g/mol. The molecule has 1 unspecified atom stereocenters. The molecule has 156 valence electrons. The van der Waals surface area contributed by atoms with Crippen molar-refractivity contribution in [1.82, 2.24) is 0 Å². The predicted octanol–water partition coefficient (Wildman–Crippen LogP) is 5.50. The first-order valence-electron chi connectivity index (χ1n) is 9.32. The second-order valence-electron chi connectivity index (χ2n) is 7.02. The van der Waals surface area contributed by atoms with E-state index in [1.807, 2.05) is 6.92 Å². The van der Waals surface area contributed by atoms with Crippen LogP contribution in [-0.4, -0.2) is 32.0 Å². The molecule has 1 aromatic rings. The minimum atomic E-state index is -4.84. The van der Waals surface area contributed by atoms with E-state index in [2.05, 4.69) is 16.8 Å². The van der Waals surface area contributed by atoms with Gasteiger partial charge in [0.1, 0.15) is 5.70 Å². The first-order chi connectivity index (χ1) is 13.1. The predicted molar refractivity (Wildman–Crippen MR) is 103 cm³/mol. The monoisotopic (exact) mass is 403 g/mol. The smallest absolute Gasteiger partial charge is 0.394 e. The molecule has 28 heavy (non-hydrogen) atoms. The zero-order valence-electron chi connectivity index (χ0n) is 16.3. The number of aryl methyl sites for hydroxylation is 1. The highest BCUT2D eigenvalue weighted by molar-refractivity contribution is 6.12. The number of benzene rings is 1. The fraction of sp³-hybridized carbons (Fsp3) is 0.550. The number of hydrogen-bond acceptors (Lipinski definition) is 3. The maximum absolute atomic E-state index is 13.8. The molecule has 0 saturated carbocycles. The average Bonchev–Trinajstić information content (AvgIpc) is 2.63. The van der Waals surface area contributed by atoms with Crippen molar-refractivity contribution in [3.05, 3.63) is 34.5 Å². The third-order valence-electron chi connectivity index (χ3n) is 5.02. The van der Waals surface area contributed by atoms with Crippen LogP contribution in [-0.2, 0) is 6.42 Å². The number of hydrogen-bond donors (Lipinski definition) is 1. The lowest BCUT2D eigenvalue weighted by atomic mass is 9.90. The van der Waals surface area contributed by atoms with Crippen LogP contribution in [0.5, 0.6) is 0 Å². The van der Waals surface area contributed by atoms with Gasteiger partial charge in [0.25, 0.3) is 6.43 Å². The molecule has 0 radical (unpaired) electrons. The lowest BCUT2D eigenvalue weighted by Crippen LogP contribution is -2.37. The molecule has 8 heteroatoms. The first kappa shape index (κ1) is 22.2. The molecule has 0 saturated heterocycles. The van der Waals surface area contributed by atoms with Crippen LogP contribution in [0.25, 0.3) is 5.57 Å². The summed E-state index contributed by atoms with van der Waals surface area (Å²) in [6.45, 7) is 4.82. The zero-order chi connectivity index (χ0) is 21.1. The Hall–Kier alpha value is -2.12. The van der Waals surface area contributed by atoms with Gasteiger partial charge < -0.3 is 10.6 Å². The Balaban J connectivity index is 2.70. The van der Waals surface area contributed by atoms with Gasteiger partial charge in [0, 0.05) is 42.7 Å². The van der Waals surface area contributed by atoms with Crippen molar-refractivity contribution in [1.29, 1.82) is 0 Å². The summed E-state index contributed by atoms with van der Waals surface area (Å²) < 4.78 is 67.2. The van der Waals surface area contributed by atoms with Gasteiger partial charge in [0.15, 0.2) is 0 Å². The van der Waals surface area contributed by atoms with Gasteiger partial charge in [-0.15, -0.1) is 0 Å². The second kappa shape index (κ2) is 8.92. The number of alkyl halides is 5. The SMILES string of the molecule is CCCC(C)N1CCCc2cc(C(C=NC)=C(N)C(F)(F)F)c(C(F)F)cc21. The van der Waals surface area contributed by atoms with Crippen LogP contribution >= 0.6 is 0 Å². The number of allylic oxidation sites excluding steroid dienone is 2. The fourth-order valence-electron chi connectivity index (χ4n) is 3.69. The summed E-state index contributed by atoms with van der Waals surface area (Å²) in [5.41, 5.74) is 4.09. The van der Waals surface area contributed by atoms with Gasteiger partial charge in [-0.05, 0) is 49.4 Å². The van der Waals surface area contributed by atoms with Crippen molar-refractivity contribution < 1.29 is 22.0 Å². The highest BCUT2D eigenvalue weighted by Gasteiger charge is 2.36. The zero-order valence-corrected chi connectivity index (χ0v) is 16.3. The van der Waals surface area contributed by atoms with Crippen molar-refractivity contribution in [2.24, 2.45) is 10.7 Å². The van der Waals surface area contributed by atoms with Gasteiger partial charge >= 0.3 is 6.18 Å². The lowest BCUT2D eigenvalue weighted by Gasteiger charge is -2.37. The highest BCUT2D eigenvalue weighted by atomic mass is 19.4. The standard InChI is InChI=1S/C20H26F5N3/c1-4-6-12(2)28-8-5-7-13-9-14(15(19(21)22)10-17(13)28)16(11-27-3)18(26)20(23,24)25/h9-12,19H,4-8,26H2,1-3H3. The van der Waals surface area contributed by atoms with E-state index in [9.17, 15) is 22.0 Å². The molecule has 1 heterocycles. The molecular formula is C20H26F5N3. The summed E-state index contributed by atoms with van der Waals surface area (Å²) in [7, 11) is 1.28. The maximum Gasteiger partial charge on any atom is 0.431 e. The summed E-state index contributed by atoms with van der Waals surface area (Å²) in [6.07, 6.45) is -3.60. The van der Waals surface area contributed by atoms with Gasteiger partial charge in [-0.3, -0.25) is 4.99 Å². The fourth-order valence-corrected chi connectivity index (χ4v) is 3.69. The lowest BCUT2D eigenvalue weighted by molar-refractivity contribution is -0.0918. The molecule has 1 atom stereocenters. The van der Waals surface area contributed by atoms with E-state index in [1.165, 1.54) is 19.2 Å². The van der Waals surface area contributed by atoms with Crippen LogP contribution in [0, 0.1) is 0 Å². The van der Waals surface area contributed by atoms with E-state index in [1.54, 1.807) is 0 Å². The minimum absolute atomic E-state index is 0.160. The topological polar surface area (TPSA) is 41.6 Å². The van der Waals surface area contributed by atoms with E-state index >= 15 is 0 Å². The van der Waals surface area contributed by atoms with E-state index in [0.29, 0.717) is 12.1 Å². The van der Waals surface area contributed by atoms with Crippen molar-refractivity contribution in [3.63, 3.8) is 0 Å². The Bertz CT molecular complexity index is 753. The quantitative estimate of drug-likeness (QED) is 0.504. The highest BCUT2D eigenvalue weighted by Crippen LogP contribution is 2.39. The van der Waals surface area contributed by atoms with Gasteiger partial charge in [0.05, 0.1) is 0 Å². The molecule has 2 N–H and O–H groups in total. The molecule has 0 fully saturated rings. The number of anilines is 1. The van der Waals surface area contributed by atoms with Crippen LogP contribution in [0.4, 0.5) is 27.6 Å². The van der Waals surface area contributed by atoms with E-state index in [0.717, 1.165) is 37.6 Å². The van der Waals surface area contributed by atoms with Crippen molar-refractivity contribution >= 4 is 17.5 Å². The van der Waals surface area contributed by atoms with E-state index in [-0.39, 0.29) is 11.6 Å². The van der Waals surface area contributed by atoms with Crippen molar-refractivity contribution in [2.75, 3.05) is 18.5 Å². The molecule has 0 aliphatic carbocycles. The molecule has 0 spiro atoms. The number of nitrogens with two attached hydrogens (primary N) is 1. The molecular weight excluding hydrogens is 377 g/mol. The van der Waals surface area contributed by atoms with Crippen LogP contribution in [0.3, 0.4) is 0 Å². The first-order valence-corrected chi connectivity index (χ1v) is 9.32. The number of nitrogens with zero attached hydrogens (tertiary/aromatic N) is 2. The summed E-state index contributed by atoms with van der Waals surface area (Å²) in [6, 6.07) is 2.92. The second-order valence-corrected chi connectivity index (χ2v) is 7.02. The largest absolute Gasteiger partial charge is 0.431 e. The number of aliphatic imine (C=N–C) groups is 1. The summed E-state index contributed by atoms with van der Waals surface area (Å²) in [4.78, 5) is 5.68. The van der Waals surface area contributed by atoms with Crippen LogP contribution in [0.2, 0.25) is 0 Å². The van der Waals surface area contributed by atoms with Gasteiger partial charge in [-0.2, -0.15) is 13.2 Å². The third-order valence-corrected chi connectivity index (χ3v) is 5.02. The molecule has 0 bridgehead atoms. The van der Waals surface area contributed by atoms with Crippen LogP contribution in [0.1, 0.15) is 56.2 Å². The normalized spacial score (nSPS) is 17.1. The van der Waals surface area contributed by atoms with Gasteiger partial charge in [-0.1, -0.05) is 13.3 Å². The molecule has 1 aliphatic heterocycles. The minimum Gasteiger partial charge on any atom is -0.394 e. The summed E-state index contributed by atoms with van der Waals surface area (Å²) in [5.74, 6) is 0. The third kappa shape index (κ3) is 4.64. The Labute approximate surface area is 162 Å². The Morgan fingerprint density at radius 3 is 2.54 bits per heavy atom. The molecule has 2 rings (SSSR count). The maximum atomic E-state index is 13.8. The molecule has 0 amide bonds. The van der Waals surface area contributed by atoms with Crippen LogP contribution < -0.4 is 10.6 Å². The summed E-state index contributed by atoms with van der Waals surface area (Å²) in [5, 5.41) is 0. The Morgan fingerprint density at radius 1 is 1.32 bits per heavy atom. The number of halogens is 5. The number of fused-ring (bicyclic) bond motifs is 1. The Morgan fingerprint density at radius 2 is 2.00 bits per heavy atom. The van der Waals surface area contributed by atoms with Gasteiger partial charge in [-0.25, -0.2) is 8.78 Å². The Kier molecular flexibility index (Phi) is 7.06. The molecule has 3 nitrogen and oxygen atoms in total. The molecule has 1 aromatic carbocycles. The van der Waals surface area contributed by atoms with Gasteiger partial charge in [0.2, 0.25) is 0 Å². The van der Waals surface area contributed by atoms with E-state index in [4.69, 9.17) is 5.73 Å².